The molecule has 0 radical (unpaired) electrons. The summed E-state index contributed by atoms with van der Waals surface area (Å²) in [4.78, 5) is 29.7. The number of rotatable bonds is 4. The van der Waals surface area contributed by atoms with Gasteiger partial charge >= 0.3 is 0 Å². The Kier molecular flexibility index (Phi) is 5.60. The van der Waals surface area contributed by atoms with Gasteiger partial charge in [0, 0.05) is 32.0 Å². The smallest absolute Gasteiger partial charge is 0.256 e. The molecule has 4 rings (SSSR count). The van der Waals surface area contributed by atoms with E-state index in [1.807, 2.05) is 49.1 Å². The third-order valence-corrected chi connectivity index (χ3v) is 6.22. The first-order valence-corrected chi connectivity index (χ1v) is 10.6. The molecular formula is C24H28FN3O2. The Morgan fingerprint density at radius 3 is 2.37 bits per heavy atom. The molecule has 5 nitrogen and oxygen atoms in total. The van der Waals surface area contributed by atoms with Crippen molar-refractivity contribution in [3.63, 3.8) is 0 Å². The van der Waals surface area contributed by atoms with Crippen LogP contribution in [0.5, 0.6) is 0 Å². The highest BCUT2D eigenvalue weighted by atomic mass is 19.1. The molecule has 2 amide bonds. The van der Waals surface area contributed by atoms with Crippen LogP contribution in [0.1, 0.15) is 42.6 Å². The molecule has 0 aromatic heterocycles. The Bertz CT molecular complexity index is 923. The second-order valence-electron chi connectivity index (χ2n) is 8.49. The maximum absolute atomic E-state index is 14.1. The van der Waals surface area contributed by atoms with E-state index in [1.165, 1.54) is 12.1 Å². The van der Waals surface area contributed by atoms with Crippen molar-refractivity contribution in [2.75, 3.05) is 13.1 Å². The molecule has 6 heteroatoms. The lowest BCUT2D eigenvalue weighted by Crippen LogP contribution is -2.61. The summed E-state index contributed by atoms with van der Waals surface area (Å²) >= 11 is 0. The maximum Gasteiger partial charge on any atom is 0.256 e. The van der Waals surface area contributed by atoms with Crippen LogP contribution < -0.4 is 5.32 Å². The van der Waals surface area contributed by atoms with Gasteiger partial charge < -0.3 is 9.80 Å². The molecule has 1 atom stereocenters. The number of hydrogen-bond acceptors (Lipinski definition) is 3. The number of carbonyl (C=O) groups excluding carboxylic acids is 2. The average molecular weight is 410 g/mol. The van der Waals surface area contributed by atoms with Crippen molar-refractivity contribution < 1.29 is 14.0 Å². The van der Waals surface area contributed by atoms with E-state index >= 15 is 0 Å². The summed E-state index contributed by atoms with van der Waals surface area (Å²) in [6.45, 7) is 5.02. The lowest BCUT2D eigenvalue weighted by molar-refractivity contribution is -0.135. The monoisotopic (exact) mass is 409 g/mol. The summed E-state index contributed by atoms with van der Waals surface area (Å²) < 4.78 is 14.1. The number of halogens is 1. The summed E-state index contributed by atoms with van der Waals surface area (Å²) in [5.74, 6) is -0.671. The van der Waals surface area contributed by atoms with Crippen LogP contribution in [0.15, 0.2) is 54.6 Å². The Labute approximate surface area is 176 Å². The number of benzene rings is 2. The predicted molar refractivity (Wildman–Crippen MR) is 113 cm³/mol. The van der Waals surface area contributed by atoms with Crippen LogP contribution in [0, 0.1) is 5.82 Å². The summed E-state index contributed by atoms with van der Waals surface area (Å²) in [7, 11) is 0. The molecule has 2 aliphatic heterocycles. The molecule has 2 heterocycles. The Morgan fingerprint density at radius 2 is 1.73 bits per heavy atom. The van der Waals surface area contributed by atoms with Crippen LogP contribution in [-0.2, 0) is 11.2 Å². The van der Waals surface area contributed by atoms with Gasteiger partial charge in [-0.15, -0.1) is 0 Å². The van der Waals surface area contributed by atoms with E-state index in [4.69, 9.17) is 0 Å². The molecule has 1 unspecified atom stereocenters. The summed E-state index contributed by atoms with van der Waals surface area (Å²) in [6.07, 6.45) is 1.90. The van der Waals surface area contributed by atoms with Gasteiger partial charge in [-0.1, -0.05) is 42.5 Å². The largest absolute Gasteiger partial charge is 0.338 e. The molecule has 30 heavy (non-hydrogen) atoms. The lowest BCUT2D eigenvalue weighted by Gasteiger charge is -2.46. The molecule has 2 aromatic carbocycles. The van der Waals surface area contributed by atoms with Gasteiger partial charge in [0.15, 0.2) is 0 Å². The molecule has 0 saturated carbocycles. The first-order valence-electron chi connectivity index (χ1n) is 10.6. The van der Waals surface area contributed by atoms with Crippen molar-refractivity contribution >= 4 is 11.8 Å². The molecule has 2 aromatic rings. The van der Waals surface area contributed by atoms with Gasteiger partial charge in [0.05, 0.1) is 17.3 Å². The highest BCUT2D eigenvalue weighted by molar-refractivity contribution is 5.94. The molecule has 158 valence electrons. The van der Waals surface area contributed by atoms with Gasteiger partial charge in [-0.05, 0) is 38.0 Å². The van der Waals surface area contributed by atoms with Crippen LogP contribution >= 0.6 is 0 Å². The van der Waals surface area contributed by atoms with Crippen molar-refractivity contribution in [1.29, 1.82) is 0 Å². The predicted octanol–water partition coefficient (Wildman–Crippen LogP) is 3.21. The molecule has 2 fully saturated rings. The molecule has 2 aliphatic rings. The standard InChI is InChI=1S/C24H28FN3O2/c1-17(2)28-23(30)21(16-18-8-4-3-5-9-18)26-24(28)12-14-27(15-13-24)22(29)19-10-6-7-11-20(19)25/h3-11,17,21,26H,12-16H2,1-2H3. The molecule has 0 aliphatic carbocycles. The SMILES string of the molecule is CC(C)N1C(=O)C(Cc2ccccc2)NC12CCN(C(=O)c1ccccc1F)CC2. The highest BCUT2D eigenvalue weighted by Gasteiger charge is 2.52. The van der Waals surface area contributed by atoms with E-state index in [1.54, 1.807) is 17.0 Å². The van der Waals surface area contributed by atoms with Crippen LogP contribution in [0.2, 0.25) is 0 Å². The highest BCUT2D eigenvalue weighted by Crippen LogP contribution is 2.35. The lowest BCUT2D eigenvalue weighted by atomic mass is 9.94. The topological polar surface area (TPSA) is 52.7 Å². The Balaban J connectivity index is 1.50. The number of nitrogens with one attached hydrogen (secondary N) is 1. The minimum atomic E-state index is -0.497. The fraction of sp³-hybridized carbons (Fsp3) is 0.417. The second kappa shape index (κ2) is 8.19. The van der Waals surface area contributed by atoms with E-state index < -0.39 is 11.5 Å². The zero-order valence-electron chi connectivity index (χ0n) is 17.5. The van der Waals surface area contributed by atoms with Gasteiger partial charge in [0.25, 0.3) is 5.91 Å². The van der Waals surface area contributed by atoms with Crippen molar-refractivity contribution in [2.45, 2.75) is 50.9 Å². The second-order valence-corrected chi connectivity index (χ2v) is 8.49. The number of piperidine rings is 1. The Hall–Kier alpha value is -2.73. The van der Waals surface area contributed by atoms with Gasteiger partial charge in [-0.3, -0.25) is 14.9 Å². The third kappa shape index (κ3) is 3.72. The van der Waals surface area contributed by atoms with E-state index in [0.717, 1.165) is 5.56 Å². The van der Waals surface area contributed by atoms with E-state index in [9.17, 15) is 14.0 Å². The minimum absolute atomic E-state index is 0.0552. The van der Waals surface area contributed by atoms with Crippen molar-refractivity contribution in [1.82, 2.24) is 15.1 Å². The summed E-state index contributed by atoms with van der Waals surface area (Å²) in [5, 5.41) is 3.61. The van der Waals surface area contributed by atoms with Crippen LogP contribution in [0.3, 0.4) is 0 Å². The van der Waals surface area contributed by atoms with Crippen LogP contribution in [-0.4, -0.2) is 52.5 Å². The number of amides is 2. The first kappa shape index (κ1) is 20.5. The zero-order chi connectivity index (χ0) is 21.3. The third-order valence-electron chi connectivity index (χ3n) is 6.22. The number of nitrogens with zero attached hydrogens (tertiary/aromatic N) is 2. The van der Waals surface area contributed by atoms with E-state index in [2.05, 4.69) is 5.32 Å². The summed E-state index contributed by atoms with van der Waals surface area (Å²) in [6, 6.07) is 15.9. The molecule has 2 saturated heterocycles. The first-order chi connectivity index (χ1) is 14.4. The molecule has 1 N–H and O–H groups in total. The fourth-order valence-electron chi connectivity index (χ4n) is 4.84. The number of likely N-dealkylation sites (tertiary alicyclic amines) is 1. The van der Waals surface area contributed by atoms with Crippen LogP contribution in [0.4, 0.5) is 4.39 Å². The number of hydrogen-bond donors (Lipinski definition) is 1. The van der Waals surface area contributed by atoms with Gasteiger partial charge in [-0.2, -0.15) is 0 Å². The fourth-order valence-corrected chi connectivity index (χ4v) is 4.84. The average Bonchev–Trinajstić information content (AvgIpc) is 3.00. The number of carbonyl (C=O) groups is 2. The Morgan fingerprint density at radius 1 is 1.10 bits per heavy atom. The normalized spacial score (nSPS) is 20.9. The van der Waals surface area contributed by atoms with E-state index in [-0.39, 0.29) is 29.5 Å². The van der Waals surface area contributed by atoms with E-state index in [0.29, 0.717) is 32.4 Å². The van der Waals surface area contributed by atoms with Crippen LogP contribution in [0.25, 0.3) is 0 Å². The molecule has 1 spiro atoms. The van der Waals surface area contributed by atoms with Gasteiger partial charge in [-0.25, -0.2) is 4.39 Å². The van der Waals surface area contributed by atoms with Gasteiger partial charge in [0.1, 0.15) is 5.82 Å². The zero-order valence-corrected chi connectivity index (χ0v) is 17.5. The maximum atomic E-state index is 14.1. The quantitative estimate of drug-likeness (QED) is 0.844. The van der Waals surface area contributed by atoms with Gasteiger partial charge in [0.2, 0.25) is 5.91 Å². The van der Waals surface area contributed by atoms with Crippen molar-refractivity contribution in [2.24, 2.45) is 0 Å². The minimum Gasteiger partial charge on any atom is -0.338 e. The summed E-state index contributed by atoms with van der Waals surface area (Å²) in [5.41, 5.74) is 0.763. The molecular weight excluding hydrogens is 381 g/mol. The molecule has 0 bridgehead atoms. The van der Waals surface area contributed by atoms with Crippen molar-refractivity contribution in [3.05, 3.63) is 71.5 Å². The van der Waals surface area contributed by atoms with Crippen molar-refractivity contribution in [3.8, 4) is 0 Å².